The van der Waals surface area contributed by atoms with Crippen LogP contribution in [-0.4, -0.2) is 16.1 Å². The summed E-state index contributed by atoms with van der Waals surface area (Å²) in [5.74, 6) is -1.25. The number of carbonyl (C=O) groups is 1. The monoisotopic (exact) mass is 250 g/mol. The van der Waals surface area contributed by atoms with Crippen LogP contribution in [0.2, 0.25) is 0 Å². The third-order valence-corrected chi connectivity index (χ3v) is 2.81. The lowest BCUT2D eigenvalue weighted by molar-refractivity contribution is 0.112. The van der Waals surface area contributed by atoms with E-state index in [4.69, 9.17) is 0 Å². The van der Waals surface area contributed by atoms with Crippen LogP contribution in [0.5, 0.6) is 0 Å². The Morgan fingerprint density at radius 2 is 1.83 bits per heavy atom. The SMILES string of the molecule is Cc1nn(Cc2cc(F)cc(F)c2)c(C)c1C=O. The summed E-state index contributed by atoms with van der Waals surface area (Å²) in [4.78, 5) is 10.8. The van der Waals surface area contributed by atoms with Crippen molar-refractivity contribution in [2.45, 2.75) is 20.4 Å². The van der Waals surface area contributed by atoms with E-state index in [2.05, 4.69) is 5.10 Å². The first-order chi connectivity index (χ1) is 8.51. The highest BCUT2D eigenvalue weighted by Gasteiger charge is 2.11. The summed E-state index contributed by atoms with van der Waals surface area (Å²) < 4.78 is 27.7. The summed E-state index contributed by atoms with van der Waals surface area (Å²) in [6.07, 6.45) is 0.736. The van der Waals surface area contributed by atoms with E-state index in [-0.39, 0.29) is 6.54 Å². The van der Waals surface area contributed by atoms with Gasteiger partial charge in [-0.2, -0.15) is 5.10 Å². The lowest BCUT2D eigenvalue weighted by atomic mass is 10.2. The number of aldehydes is 1. The van der Waals surface area contributed by atoms with Crippen LogP contribution in [0.15, 0.2) is 18.2 Å². The second-order valence-corrected chi connectivity index (χ2v) is 4.14. The molecule has 0 fully saturated rings. The van der Waals surface area contributed by atoms with Crippen LogP contribution in [0.1, 0.15) is 27.3 Å². The van der Waals surface area contributed by atoms with E-state index in [1.54, 1.807) is 18.5 Å². The van der Waals surface area contributed by atoms with E-state index in [1.165, 1.54) is 12.1 Å². The lowest BCUT2D eigenvalue weighted by Crippen LogP contribution is -2.05. The van der Waals surface area contributed by atoms with E-state index in [0.29, 0.717) is 22.5 Å². The largest absolute Gasteiger partial charge is 0.298 e. The Kier molecular flexibility index (Phi) is 3.23. The molecule has 5 heteroatoms. The second-order valence-electron chi connectivity index (χ2n) is 4.14. The molecule has 18 heavy (non-hydrogen) atoms. The molecule has 0 aliphatic rings. The van der Waals surface area contributed by atoms with Crippen molar-refractivity contribution < 1.29 is 13.6 Å². The topological polar surface area (TPSA) is 34.9 Å². The molecule has 1 aromatic carbocycles. The minimum absolute atomic E-state index is 0.231. The first kappa shape index (κ1) is 12.4. The highest BCUT2D eigenvalue weighted by molar-refractivity contribution is 5.78. The van der Waals surface area contributed by atoms with Crippen LogP contribution < -0.4 is 0 Å². The number of carbonyl (C=O) groups excluding carboxylic acids is 1. The van der Waals surface area contributed by atoms with Crippen LogP contribution in [0, 0.1) is 25.5 Å². The summed E-state index contributed by atoms with van der Waals surface area (Å²) in [6, 6.07) is 3.32. The van der Waals surface area contributed by atoms with Crippen LogP contribution in [0.25, 0.3) is 0 Å². The number of rotatable bonds is 3. The van der Waals surface area contributed by atoms with Crippen LogP contribution >= 0.6 is 0 Å². The number of hydrogen-bond donors (Lipinski definition) is 0. The van der Waals surface area contributed by atoms with Gasteiger partial charge >= 0.3 is 0 Å². The van der Waals surface area contributed by atoms with Crippen molar-refractivity contribution >= 4 is 6.29 Å². The van der Waals surface area contributed by atoms with Gasteiger partial charge in [0.2, 0.25) is 0 Å². The molecule has 2 aromatic rings. The molecule has 0 aliphatic heterocycles. The van der Waals surface area contributed by atoms with E-state index in [9.17, 15) is 13.6 Å². The molecule has 94 valence electrons. The molecule has 0 amide bonds. The fraction of sp³-hybridized carbons (Fsp3) is 0.231. The molecular weight excluding hydrogens is 238 g/mol. The standard InChI is InChI=1S/C13H12F2N2O/c1-8-13(7-18)9(2)17(16-8)6-10-3-11(14)5-12(15)4-10/h3-5,7H,6H2,1-2H3. The smallest absolute Gasteiger partial charge is 0.153 e. The molecule has 0 bridgehead atoms. The fourth-order valence-corrected chi connectivity index (χ4v) is 1.91. The van der Waals surface area contributed by atoms with Crippen molar-refractivity contribution in [2.75, 3.05) is 0 Å². The molecule has 0 saturated carbocycles. The molecule has 3 nitrogen and oxygen atoms in total. The van der Waals surface area contributed by atoms with Crippen molar-refractivity contribution in [3.63, 3.8) is 0 Å². The van der Waals surface area contributed by atoms with Crippen molar-refractivity contribution in [3.05, 3.63) is 52.3 Å². The van der Waals surface area contributed by atoms with Gasteiger partial charge in [-0.15, -0.1) is 0 Å². The molecule has 0 aliphatic carbocycles. The minimum Gasteiger partial charge on any atom is -0.298 e. The Morgan fingerprint density at radius 3 is 2.33 bits per heavy atom. The molecule has 0 spiro atoms. The van der Waals surface area contributed by atoms with Crippen LogP contribution in [0.4, 0.5) is 8.78 Å². The van der Waals surface area contributed by atoms with Crippen LogP contribution in [0.3, 0.4) is 0 Å². The molecule has 0 N–H and O–H groups in total. The summed E-state index contributed by atoms with van der Waals surface area (Å²) in [5.41, 5.74) is 2.29. The van der Waals surface area contributed by atoms with Crippen molar-refractivity contribution in [3.8, 4) is 0 Å². The van der Waals surface area contributed by atoms with Gasteiger partial charge < -0.3 is 0 Å². The molecule has 1 aromatic heterocycles. The maximum absolute atomic E-state index is 13.1. The van der Waals surface area contributed by atoms with Crippen molar-refractivity contribution in [1.29, 1.82) is 0 Å². The normalized spacial score (nSPS) is 10.7. The Labute approximate surface area is 103 Å². The quantitative estimate of drug-likeness (QED) is 0.785. The van der Waals surface area contributed by atoms with Crippen molar-refractivity contribution in [2.24, 2.45) is 0 Å². The Bertz CT molecular complexity index is 585. The van der Waals surface area contributed by atoms with Crippen molar-refractivity contribution in [1.82, 2.24) is 9.78 Å². The zero-order valence-corrected chi connectivity index (χ0v) is 10.1. The third kappa shape index (κ3) is 2.30. The van der Waals surface area contributed by atoms with Gasteiger partial charge in [0, 0.05) is 11.8 Å². The maximum atomic E-state index is 13.1. The summed E-state index contributed by atoms with van der Waals surface area (Å²) in [5, 5.41) is 4.18. The van der Waals surface area contributed by atoms with Gasteiger partial charge in [0.25, 0.3) is 0 Å². The van der Waals surface area contributed by atoms with E-state index >= 15 is 0 Å². The number of nitrogens with zero attached hydrogens (tertiary/aromatic N) is 2. The van der Waals surface area contributed by atoms with Gasteiger partial charge in [-0.05, 0) is 31.5 Å². The van der Waals surface area contributed by atoms with E-state index in [0.717, 1.165) is 12.4 Å². The fourth-order valence-electron chi connectivity index (χ4n) is 1.91. The average Bonchev–Trinajstić information content (AvgIpc) is 2.52. The number of hydrogen-bond acceptors (Lipinski definition) is 2. The van der Waals surface area contributed by atoms with Crippen LogP contribution in [-0.2, 0) is 6.54 Å². The molecule has 2 rings (SSSR count). The molecule has 0 radical (unpaired) electrons. The maximum Gasteiger partial charge on any atom is 0.153 e. The minimum atomic E-state index is -0.623. The highest BCUT2D eigenvalue weighted by Crippen LogP contribution is 2.14. The number of halogens is 2. The van der Waals surface area contributed by atoms with Gasteiger partial charge in [-0.3, -0.25) is 9.48 Å². The third-order valence-electron chi connectivity index (χ3n) is 2.81. The predicted octanol–water partition coefficient (Wildman–Crippen LogP) is 2.64. The molecule has 0 unspecified atom stereocenters. The highest BCUT2D eigenvalue weighted by atomic mass is 19.1. The molecular formula is C13H12F2N2O. The second kappa shape index (κ2) is 4.68. The van der Waals surface area contributed by atoms with Gasteiger partial charge in [-0.25, -0.2) is 8.78 Å². The predicted molar refractivity (Wildman–Crippen MR) is 62.5 cm³/mol. The molecule has 0 saturated heterocycles. The lowest BCUT2D eigenvalue weighted by Gasteiger charge is -2.05. The molecule has 1 heterocycles. The first-order valence-electron chi connectivity index (χ1n) is 5.45. The summed E-state index contributed by atoms with van der Waals surface area (Å²) in [6.45, 7) is 3.70. The number of benzene rings is 1. The molecule has 0 atom stereocenters. The summed E-state index contributed by atoms with van der Waals surface area (Å²) in [7, 11) is 0. The Morgan fingerprint density at radius 1 is 1.22 bits per heavy atom. The first-order valence-corrected chi connectivity index (χ1v) is 5.45. The number of aryl methyl sites for hydroxylation is 1. The van der Waals surface area contributed by atoms with E-state index < -0.39 is 11.6 Å². The van der Waals surface area contributed by atoms with Gasteiger partial charge in [0.15, 0.2) is 6.29 Å². The summed E-state index contributed by atoms with van der Waals surface area (Å²) >= 11 is 0. The van der Waals surface area contributed by atoms with E-state index in [1.807, 2.05) is 0 Å². The van der Waals surface area contributed by atoms with Gasteiger partial charge in [0.1, 0.15) is 11.6 Å². The zero-order valence-electron chi connectivity index (χ0n) is 10.1. The number of aromatic nitrogens is 2. The van der Waals surface area contributed by atoms with Gasteiger partial charge in [-0.1, -0.05) is 0 Å². The zero-order chi connectivity index (χ0) is 13.3. The average molecular weight is 250 g/mol. The Hall–Kier alpha value is -2.04. The Balaban J connectivity index is 2.37. The van der Waals surface area contributed by atoms with Gasteiger partial charge in [0.05, 0.1) is 17.8 Å².